The molecule has 0 aliphatic carbocycles. The summed E-state index contributed by atoms with van der Waals surface area (Å²) in [5, 5.41) is 3.17. The minimum atomic E-state index is -3.14. The molecule has 0 spiro atoms. The van der Waals surface area contributed by atoms with Gasteiger partial charge in [-0.15, -0.1) is 0 Å². The topological polar surface area (TPSA) is 65.5 Å². The maximum absolute atomic E-state index is 14.0. The average Bonchev–Trinajstić information content (AvgIpc) is 2.56. The second-order valence-electron chi connectivity index (χ2n) is 6.60. The van der Waals surface area contributed by atoms with Gasteiger partial charge in [0, 0.05) is 44.1 Å². The van der Waals surface area contributed by atoms with Gasteiger partial charge in [0.1, 0.15) is 5.82 Å². The average molecular weight is 378 g/mol. The Labute approximate surface area is 153 Å². The van der Waals surface area contributed by atoms with Crippen molar-refractivity contribution < 1.29 is 12.8 Å². The van der Waals surface area contributed by atoms with Crippen LogP contribution in [0.3, 0.4) is 0 Å². The van der Waals surface area contributed by atoms with E-state index in [0.29, 0.717) is 38.4 Å². The van der Waals surface area contributed by atoms with Crippen molar-refractivity contribution in [1.29, 1.82) is 0 Å². The third-order valence-electron chi connectivity index (χ3n) is 4.36. The summed E-state index contributed by atoms with van der Waals surface area (Å²) in [6, 6.07) is 8.67. The van der Waals surface area contributed by atoms with Crippen LogP contribution >= 0.6 is 0 Å². The number of hydrogen-bond acceptors (Lipinski definition) is 5. The summed E-state index contributed by atoms with van der Waals surface area (Å²) in [5.74, 6) is -0.306. The van der Waals surface area contributed by atoms with E-state index in [1.54, 1.807) is 6.20 Å². The fourth-order valence-electron chi connectivity index (χ4n) is 3.00. The molecule has 26 heavy (non-hydrogen) atoms. The number of hydrogen-bond donors (Lipinski definition) is 1. The molecule has 140 valence electrons. The van der Waals surface area contributed by atoms with Gasteiger partial charge in [0.25, 0.3) is 0 Å². The Morgan fingerprint density at radius 3 is 2.46 bits per heavy atom. The minimum Gasteiger partial charge on any atom is -0.354 e. The summed E-state index contributed by atoms with van der Waals surface area (Å²) >= 11 is 0. The van der Waals surface area contributed by atoms with Crippen LogP contribution in [0.5, 0.6) is 0 Å². The van der Waals surface area contributed by atoms with Crippen LogP contribution in [0.2, 0.25) is 0 Å². The summed E-state index contributed by atoms with van der Waals surface area (Å²) < 4.78 is 38.6. The molecule has 0 amide bonds. The molecule has 0 unspecified atom stereocenters. The predicted molar refractivity (Wildman–Crippen MR) is 100 cm³/mol. The number of aryl methyl sites for hydroxylation is 1. The molecule has 1 aromatic carbocycles. The van der Waals surface area contributed by atoms with Crippen molar-refractivity contribution in [3.05, 3.63) is 53.6 Å². The van der Waals surface area contributed by atoms with Gasteiger partial charge in [-0.1, -0.05) is 0 Å². The van der Waals surface area contributed by atoms with Gasteiger partial charge < -0.3 is 5.32 Å². The fourth-order valence-corrected chi connectivity index (χ4v) is 3.83. The van der Waals surface area contributed by atoms with Crippen LogP contribution < -0.4 is 5.32 Å². The highest BCUT2D eigenvalue weighted by molar-refractivity contribution is 7.88. The lowest BCUT2D eigenvalue weighted by Crippen LogP contribution is -2.47. The molecule has 3 rings (SSSR count). The number of rotatable bonds is 5. The maximum atomic E-state index is 14.0. The second kappa shape index (κ2) is 7.69. The van der Waals surface area contributed by atoms with Crippen LogP contribution in [0.4, 0.5) is 15.8 Å². The summed E-state index contributed by atoms with van der Waals surface area (Å²) in [6.45, 7) is 4.69. The largest absolute Gasteiger partial charge is 0.354 e. The van der Waals surface area contributed by atoms with Gasteiger partial charge in [-0.3, -0.25) is 9.88 Å². The van der Waals surface area contributed by atoms with Crippen LogP contribution in [0.25, 0.3) is 0 Å². The maximum Gasteiger partial charge on any atom is 0.211 e. The van der Waals surface area contributed by atoms with Crippen molar-refractivity contribution in [3.63, 3.8) is 0 Å². The number of nitrogens with one attached hydrogen (secondary N) is 1. The first kappa shape index (κ1) is 18.8. The van der Waals surface area contributed by atoms with Crippen LogP contribution in [-0.4, -0.2) is 55.0 Å². The summed E-state index contributed by atoms with van der Waals surface area (Å²) in [7, 11) is -3.14. The zero-order chi connectivity index (χ0) is 18.7. The van der Waals surface area contributed by atoms with E-state index in [-0.39, 0.29) is 5.82 Å². The van der Waals surface area contributed by atoms with E-state index in [2.05, 4.69) is 15.2 Å². The molecule has 1 aliphatic heterocycles. The zero-order valence-corrected chi connectivity index (χ0v) is 15.8. The first-order valence-electron chi connectivity index (χ1n) is 8.46. The van der Waals surface area contributed by atoms with Crippen molar-refractivity contribution >= 4 is 21.4 Å². The minimum absolute atomic E-state index is 0.306. The van der Waals surface area contributed by atoms with Gasteiger partial charge in [0.2, 0.25) is 10.0 Å². The fraction of sp³-hybridized carbons (Fsp3) is 0.389. The SMILES string of the molecule is Cc1ccc(Nc2cc(F)cc(CN3CCN(S(C)(=O)=O)CC3)c2)cn1. The molecule has 2 aromatic rings. The Morgan fingerprint density at radius 2 is 1.85 bits per heavy atom. The molecule has 1 N–H and O–H groups in total. The lowest BCUT2D eigenvalue weighted by molar-refractivity contribution is 0.182. The van der Waals surface area contributed by atoms with Gasteiger partial charge in [0.05, 0.1) is 18.1 Å². The highest BCUT2D eigenvalue weighted by atomic mass is 32.2. The van der Waals surface area contributed by atoms with Crippen molar-refractivity contribution in [2.24, 2.45) is 0 Å². The number of pyridine rings is 1. The van der Waals surface area contributed by atoms with Crippen molar-refractivity contribution in [2.45, 2.75) is 13.5 Å². The Hall–Kier alpha value is -2.03. The zero-order valence-electron chi connectivity index (χ0n) is 14.9. The molecule has 8 heteroatoms. The smallest absolute Gasteiger partial charge is 0.211 e. The summed E-state index contributed by atoms with van der Waals surface area (Å²) in [5.41, 5.74) is 3.23. The Bertz CT molecular complexity index is 863. The molecule has 2 heterocycles. The third kappa shape index (κ3) is 5.00. The van der Waals surface area contributed by atoms with Gasteiger partial charge >= 0.3 is 0 Å². The van der Waals surface area contributed by atoms with E-state index < -0.39 is 10.0 Å². The van der Waals surface area contributed by atoms with Gasteiger partial charge in [-0.05, 0) is 42.8 Å². The molecule has 1 aromatic heterocycles. The number of piperazine rings is 1. The highest BCUT2D eigenvalue weighted by Crippen LogP contribution is 2.21. The molecule has 0 radical (unpaired) electrons. The Morgan fingerprint density at radius 1 is 1.12 bits per heavy atom. The molecule has 0 bridgehead atoms. The van der Waals surface area contributed by atoms with Crippen molar-refractivity contribution in [1.82, 2.24) is 14.2 Å². The molecule has 1 fully saturated rings. The van der Waals surface area contributed by atoms with E-state index in [1.165, 1.54) is 22.7 Å². The normalized spacial score (nSPS) is 16.6. The van der Waals surface area contributed by atoms with Gasteiger partial charge in [0.15, 0.2) is 0 Å². The summed E-state index contributed by atoms with van der Waals surface area (Å²) in [6.07, 6.45) is 2.94. The van der Waals surface area contributed by atoms with E-state index in [4.69, 9.17) is 0 Å². The lowest BCUT2D eigenvalue weighted by atomic mass is 10.1. The Balaban J connectivity index is 1.65. The number of halogens is 1. The van der Waals surface area contributed by atoms with Gasteiger partial charge in [-0.2, -0.15) is 4.31 Å². The lowest BCUT2D eigenvalue weighted by Gasteiger charge is -2.33. The quantitative estimate of drug-likeness (QED) is 0.865. The van der Waals surface area contributed by atoms with Crippen LogP contribution in [0.1, 0.15) is 11.3 Å². The van der Waals surface area contributed by atoms with Crippen molar-refractivity contribution in [2.75, 3.05) is 37.8 Å². The number of anilines is 2. The number of nitrogens with zero attached hydrogens (tertiary/aromatic N) is 3. The van der Waals surface area contributed by atoms with Crippen molar-refractivity contribution in [3.8, 4) is 0 Å². The summed E-state index contributed by atoms with van der Waals surface area (Å²) in [4.78, 5) is 6.36. The number of sulfonamides is 1. The monoisotopic (exact) mass is 378 g/mol. The second-order valence-corrected chi connectivity index (χ2v) is 8.58. The van der Waals surface area contributed by atoms with E-state index in [1.807, 2.05) is 25.1 Å². The number of benzene rings is 1. The third-order valence-corrected chi connectivity index (χ3v) is 5.67. The van der Waals surface area contributed by atoms with Crippen LogP contribution in [0, 0.1) is 12.7 Å². The molecule has 0 saturated carbocycles. The highest BCUT2D eigenvalue weighted by Gasteiger charge is 2.23. The first-order valence-corrected chi connectivity index (χ1v) is 10.3. The molecule has 0 atom stereocenters. The molecular formula is C18H23FN4O2S. The van der Waals surface area contributed by atoms with E-state index in [0.717, 1.165) is 16.9 Å². The Kier molecular flexibility index (Phi) is 5.55. The predicted octanol–water partition coefficient (Wildman–Crippen LogP) is 2.35. The van der Waals surface area contributed by atoms with Crippen LogP contribution in [0.15, 0.2) is 36.5 Å². The van der Waals surface area contributed by atoms with E-state index in [9.17, 15) is 12.8 Å². The van der Waals surface area contributed by atoms with E-state index >= 15 is 0 Å². The number of aromatic nitrogens is 1. The molecule has 6 nitrogen and oxygen atoms in total. The first-order chi connectivity index (χ1) is 12.3. The molecule has 1 saturated heterocycles. The van der Waals surface area contributed by atoms with Gasteiger partial charge in [-0.25, -0.2) is 12.8 Å². The molecular weight excluding hydrogens is 355 g/mol. The standard InChI is InChI=1S/C18H23FN4O2S/c1-14-3-4-17(12-20-14)21-18-10-15(9-16(19)11-18)13-22-5-7-23(8-6-22)26(2,24)25/h3-4,9-12,21H,5-8,13H2,1-2H3. The molecule has 1 aliphatic rings. The van der Waals surface area contributed by atoms with Crippen LogP contribution in [-0.2, 0) is 16.6 Å².